The van der Waals surface area contributed by atoms with Gasteiger partial charge in [0.2, 0.25) is 0 Å². The zero-order chi connectivity index (χ0) is 6.20. The van der Waals surface area contributed by atoms with Crippen LogP contribution in [0.15, 0.2) is 0 Å². The molecule has 3 heteroatoms. The molecule has 0 aromatic heterocycles. The molecule has 1 aliphatic rings. The second kappa shape index (κ2) is 1.65. The van der Waals surface area contributed by atoms with E-state index in [0.717, 1.165) is 0 Å². The molecule has 1 radical (unpaired) electrons. The Morgan fingerprint density at radius 3 is 2.12 bits per heavy atom. The fourth-order valence-electron chi connectivity index (χ4n) is 0.731. The first kappa shape index (κ1) is 5.95. The molecular weight excluding hydrogens is 112 g/mol. The maximum absolute atomic E-state index is 11.9. The third kappa shape index (κ3) is 0.968. The van der Waals surface area contributed by atoms with E-state index >= 15 is 0 Å². The van der Waals surface area contributed by atoms with Gasteiger partial charge in [0.15, 0.2) is 0 Å². The highest BCUT2D eigenvalue weighted by atomic mass is 19.3. The van der Waals surface area contributed by atoms with Gasteiger partial charge in [-0.2, -0.15) is 0 Å². The first-order valence-electron chi connectivity index (χ1n) is 2.55. The summed E-state index contributed by atoms with van der Waals surface area (Å²) < 4.78 is 23.8. The van der Waals surface area contributed by atoms with E-state index in [9.17, 15) is 8.78 Å². The maximum Gasteiger partial charge on any atom is 0.272 e. The van der Waals surface area contributed by atoms with Crippen LogP contribution in [0.1, 0.15) is 6.92 Å². The van der Waals surface area contributed by atoms with Crippen LogP contribution in [-0.4, -0.2) is 23.9 Å². The van der Waals surface area contributed by atoms with Gasteiger partial charge in [-0.1, -0.05) is 0 Å². The minimum absolute atomic E-state index is 0.0938. The quantitative estimate of drug-likeness (QED) is 0.501. The summed E-state index contributed by atoms with van der Waals surface area (Å²) >= 11 is 0. The van der Waals surface area contributed by atoms with Crippen LogP contribution < -0.4 is 0 Å². The monoisotopic (exact) mass is 120 g/mol. The van der Waals surface area contributed by atoms with Crippen molar-refractivity contribution in [1.29, 1.82) is 0 Å². The normalized spacial score (nSPS) is 27.4. The zero-order valence-electron chi connectivity index (χ0n) is 4.69. The number of hydrogen-bond acceptors (Lipinski definition) is 1. The Labute approximate surface area is 47.3 Å². The molecule has 0 bridgehead atoms. The van der Waals surface area contributed by atoms with Crippen LogP contribution in [-0.2, 0) is 0 Å². The largest absolute Gasteiger partial charge is 0.287 e. The van der Waals surface area contributed by atoms with Gasteiger partial charge in [-0.05, 0) is 6.92 Å². The third-order valence-electron chi connectivity index (χ3n) is 1.23. The van der Waals surface area contributed by atoms with Gasteiger partial charge in [-0.25, -0.2) is 8.78 Å². The maximum atomic E-state index is 11.9. The SMILES string of the molecule is C[CH]N1CC(F)(F)C1. The minimum Gasteiger partial charge on any atom is -0.287 e. The van der Waals surface area contributed by atoms with Crippen LogP contribution in [0.25, 0.3) is 0 Å². The van der Waals surface area contributed by atoms with Crippen molar-refractivity contribution in [2.24, 2.45) is 0 Å². The van der Waals surface area contributed by atoms with Crippen molar-refractivity contribution < 1.29 is 8.78 Å². The number of rotatable bonds is 1. The summed E-state index contributed by atoms with van der Waals surface area (Å²) in [7, 11) is 0. The highest BCUT2D eigenvalue weighted by Crippen LogP contribution is 2.26. The second-order valence-electron chi connectivity index (χ2n) is 2.02. The fraction of sp³-hybridized carbons (Fsp3) is 0.800. The summed E-state index contributed by atoms with van der Waals surface area (Å²) in [6.45, 7) is 3.25. The Bertz CT molecular complexity index is 84.4. The number of halogens is 2. The van der Waals surface area contributed by atoms with Gasteiger partial charge in [0.1, 0.15) is 0 Å². The van der Waals surface area contributed by atoms with Gasteiger partial charge in [0.25, 0.3) is 5.92 Å². The fourth-order valence-corrected chi connectivity index (χ4v) is 0.731. The van der Waals surface area contributed by atoms with Crippen molar-refractivity contribution in [2.75, 3.05) is 13.1 Å². The van der Waals surface area contributed by atoms with Crippen molar-refractivity contribution in [3.8, 4) is 0 Å². The molecule has 1 aliphatic heterocycles. The molecule has 0 amide bonds. The van der Waals surface area contributed by atoms with E-state index in [4.69, 9.17) is 0 Å². The molecule has 0 saturated carbocycles. The molecule has 0 aromatic rings. The van der Waals surface area contributed by atoms with Gasteiger partial charge in [-0.3, -0.25) is 4.90 Å². The smallest absolute Gasteiger partial charge is 0.272 e. The first-order chi connectivity index (χ1) is 3.64. The molecule has 0 unspecified atom stereocenters. The van der Waals surface area contributed by atoms with Crippen LogP contribution in [0.4, 0.5) is 8.78 Å². The topological polar surface area (TPSA) is 3.24 Å². The van der Waals surface area contributed by atoms with E-state index in [0.29, 0.717) is 0 Å². The van der Waals surface area contributed by atoms with Crippen LogP contribution in [0.3, 0.4) is 0 Å². The zero-order valence-corrected chi connectivity index (χ0v) is 4.69. The Balaban J connectivity index is 2.21. The molecule has 0 N–H and O–H groups in total. The Hall–Kier alpha value is -0.180. The summed E-state index contributed by atoms with van der Waals surface area (Å²) in [5.74, 6) is -2.41. The lowest BCUT2D eigenvalue weighted by atomic mass is 10.1. The lowest BCUT2D eigenvalue weighted by Crippen LogP contribution is -2.54. The van der Waals surface area contributed by atoms with Crippen molar-refractivity contribution >= 4 is 0 Å². The summed E-state index contributed by atoms with van der Waals surface area (Å²) in [5, 5.41) is 0. The molecule has 1 rings (SSSR count). The molecule has 1 saturated heterocycles. The van der Waals surface area contributed by atoms with E-state index in [1.807, 2.05) is 0 Å². The summed E-state index contributed by atoms with van der Waals surface area (Å²) in [4.78, 5) is 1.58. The van der Waals surface area contributed by atoms with Gasteiger partial charge in [-0.15, -0.1) is 0 Å². The van der Waals surface area contributed by atoms with E-state index in [1.165, 1.54) is 0 Å². The van der Waals surface area contributed by atoms with Crippen LogP contribution in [0.2, 0.25) is 0 Å². The Morgan fingerprint density at radius 1 is 1.50 bits per heavy atom. The Kier molecular flexibility index (Phi) is 1.23. The van der Waals surface area contributed by atoms with Gasteiger partial charge in [0.05, 0.1) is 13.1 Å². The molecule has 47 valence electrons. The molecular formula is C5H8F2N. The molecule has 0 spiro atoms. The lowest BCUT2D eigenvalue weighted by molar-refractivity contribution is -0.117. The first-order valence-corrected chi connectivity index (χ1v) is 2.55. The van der Waals surface area contributed by atoms with Crippen LogP contribution >= 0.6 is 0 Å². The van der Waals surface area contributed by atoms with Crippen molar-refractivity contribution in [1.82, 2.24) is 4.90 Å². The summed E-state index contributed by atoms with van der Waals surface area (Å²) in [5.41, 5.74) is 0. The van der Waals surface area contributed by atoms with E-state index < -0.39 is 5.92 Å². The minimum atomic E-state index is -2.41. The van der Waals surface area contributed by atoms with Crippen LogP contribution in [0, 0.1) is 6.54 Å². The second-order valence-corrected chi connectivity index (χ2v) is 2.02. The number of nitrogens with zero attached hydrogens (tertiary/aromatic N) is 1. The molecule has 1 fully saturated rings. The van der Waals surface area contributed by atoms with Crippen LogP contribution in [0.5, 0.6) is 0 Å². The average molecular weight is 120 g/mol. The standard InChI is InChI=1S/C5H8F2N/c1-2-8-3-5(6,7)4-8/h2H,3-4H2,1H3. The highest BCUT2D eigenvalue weighted by molar-refractivity contribution is 4.89. The van der Waals surface area contributed by atoms with Gasteiger partial charge in [0, 0.05) is 6.54 Å². The van der Waals surface area contributed by atoms with Crippen molar-refractivity contribution in [3.63, 3.8) is 0 Å². The molecule has 0 atom stereocenters. The Morgan fingerprint density at radius 2 is 2.00 bits per heavy atom. The number of likely N-dealkylation sites (tertiary alicyclic amines) is 1. The van der Waals surface area contributed by atoms with Gasteiger partial charge < -0.3 is 0 Å². The predicted molar refractivity (Wildman–Crippen MR) is 26.5 cm³/mol. The molecule has 1 nitrogen and oxygen atoms in total. The van der Waals surface area contributed by atoms with E-state index in [2.05, 4.69) is 0 Å². The summed E-state index contributed by atoms with van der Waals surface area (Å²) in [6.07, 6.45) is 0. The van der Waals surface area contributed by atoms with Gasteiger partial charge >= 0.3 is 0 Å². The van der Waals surface area contributed by atoms with Crippen molar-refractivity contribution in [3.05, 3.63) is 6.54 Å². The predicted octanol–water partition coefficient (Wildman–Crippen LogP) is 1.12. The molecule has 8 heavy (non-hydrogen) atoms. The summed E-state index contributed by atoms with van der Waals surface area (Å²) in [6, 6.07) is 0. The van der Waals surface area contributed by atoms with Crippen molar-refractivity contribution in [2.45, 2.75) is 12.8 Å². The van der Waals surface area contributed by atoms with E-state index in [1.54, 1.807) is 18.4 Å². The van der Waals surface area contributed by atoms with E-state index in [-0.39, 0.29) is 13.1 Å². The molecule has 0 aliphatic carbocycles. The lowest BCUT2D eigenvalue weighted by Gasteiger charge is -2.37. The molecule has 1 heterocycles. The third-order valence-corrected chi connectivity index (χ3v) is 1.23. The molecule has 0 aromatic carbocycles. The number of alkyl halides is 2. The highest BCUT2D eigenvalue weighted by Gasteiger charge is 2.42. The number of hydrogen-bond donors (Lipinski definition) is 0. The average Bonchev–Trinajstić information content (AvgIpc) is 1.60.